The smallest absolute Gasteiger partial charge is 0.333 e. The molecule has 2 rings (SSSR count). The Bertz CT molecular complexity index is 618. The van der Waals surface area contributed by atoms with E-state index in [1.165, 1.54) is 4.68 Å². The Hall–Kier alpha value is -2.57. The van der Waals surface area contributed by atoms with E-state index in [4.69, 9.17) is 5.73 Å². The van der Waals surface area contributed by atoms with Gasteiger partial charge < -0.3 is 11.1 Å². The summed E-state index contributed by atoms with van der Waals surface area (Å²) in [7, 11) is 1.69. The first-order chi connectivity index (χ1) is 9.52. The molecule has 0 radical (unpaired) electrons. The number of hydrogen-bond acceptors (Lipinski definition) is 5. The summed E-state index contributed by atoms with van der Waals surface area (Å²) >= 11 is 0. The van der Waals surface area contributed by atoms with Gasteiger partial charge in [0.15, 0.2) is 0 Å². The zero-order valence-corrected chi connectivity index (χ0v) is 11.5. The van der Waals surface area contributed by atoms with Crippen LogP contribution < -0.4 is 11.1 Å². The highest BCUT2D eigenvalue weighted by Gasteiger charge is 2.25. The number of rotatable bonds is 5. The van der Waals surface area contributed by atoms with Crippen molar-refractivity contribution in [2.24, 2.45) is 7.05 Å². The van der Waals surface area contributed by atoms with Gasteiger partial charge in [-0.05, 0) is 24.1 Å². The molecule has 2 aromatic rings. The van der Waals surface area contributed by atoms with Gasteiger partial charge in [-0.3, -0.25) is 10.1 Å². The molecule has 7 heteroatoms. The van der Waals surface area contributed by atoms with E-state index >= 15 is 0 Å². The topological polar surface area (TPSA) is 99.0 Å². The van der Waals surface area contributed by atoms with Gasteiger partial charge in [-0.25, -0.2) is 4.68 Å². The maximum atomic E-state index is 11.2. The number of nitrogen functional groups attached to an aromatic ring is 1. The third-order valence-electron chi connectivity index (χ3n) is 3.05. The van der Waals surface area contributed by atoms with E-state index < -0.39 is 4.92 Å². The molecule has 106 valence electrons. The lowest BCUT2D eigenvalue weighted by Crippen LogP contribution is -2.06. The highest BCUT2D eigenvalue weighted by molar-refractivity contribution is 5.60. The summed E-state index contributed by atoms with van der Waals surface area (Å²) in [6.45, 7) is 2.32. The van der Waals surface area contributed by atoms with Gasteiger partial charge in [0.25, 0.3) is 0 Å². The van der Waals surface area contributed by atoms with Crippen LogP contribution in [0, 0.1) is 10.1 Å². The van der Waals surface area contributed by atoms with Crippen LogP contribution in [0.15, 0.2) is 24.3 Å². The Balaban J connectivity index is 2.22. The van der Waals surface area contributed by atoms with Crippen LogP contribution in [0.2, 0.25) is 0 Å². The van der Waals surface area contributed by atoms with Crippen molar-refractivity contribution in [3.63, 3.8) is 0 Å². The Morgan fingerprint density at radius 1 is 1.40 bits per heavy atom. The molecule has 0 saturated carbocycles. The van der Waals surface area contributed by atoms with Crippen LogP contribution >= 0.6 is 0 Å². The van der Waals surface area contributed by atoms with Crippen LogP contribution in [-0.2, 0) is 20.0 Å². The van der Waals surface area contributed by atoms with Gasteiger partial charge in [-0.15, -0.1) is 0 Å². The molecule has 0 aliphatic carbocycles. The maximum absolute atomic E-state index is 11.2. The molecule has 0 aliphatic rings. The molecule has 0 unspecified atom stereocenters. The quantitative estimate of drug-likeness (QED) is 0.494. The molecule has 0 saturated heterocycles. The second-order valence-corrected chi connectivity index (χ2v) is 4.47. The number of hydrogen-bond donors (Lipinski definition) is 2. The lowest BCUT2D eigenvalue weighted by atomic mass is 10.2. The summed E-state index contributed by atoms with van der Waals surface area (Å²) in [4.78, 5) is 10.8. The first-order valence-electron chi connectivity index (χ1n) is 6.31. The number of aryl methyl sites for hydroxylation is 2. The van der Waals surface area contributed by atoms with Crippen molar-refractivity contribution in [3.8, 4) is 0 Å². The minimum absolute atomic E-state index is 0.0467. The lowest BCUT2D eigenvalue weighted by Gasteiger charge is -2.06. The second-order valence-electron chi connectivity index (χ2n) is 4.47. The van der Waals surface area contributed by atoms with E-state index in [1.807, 2.05) is 19.1 Å². The van der Waals surface area contributed by atoms with Crippen LogP contribution in [0.4, 0.5) is 17.2 Å². The van der Waals surface area contributed by atoms with E-state index in [0.29, 0.717) is 30.2 Å². The van der Waals surface area contributed by atoms with Crippen LogP contribution in [0.25, 0.3) is 0 Å². The Labute approximate surface area is 116 Å². The van der Waals surface area contributed by atoms with Crippen LogP contribution in [0.1, 0.15) is 18.2 Å². The SMILES string of the molecule is CCc1nn(C)c(NCc2ccc(N)cc2)c1[N+](=O)[O-]. The normalized spacial score (nSPS) is 10.5. The van der Waals surface area contributed by atoms with Crippen molar-refractivity contribution in [3.05, 3.63) is 45.6 Å². The zero-order valence-electron chi connectivity index (χ0n) is 11.5. The summed E-state index contributed by atoms with van der Waals surface area (Å²) < 4.78 is 1.51. The molecule has 7 nitrogen and oxygen atoms in total. The van der Waals surface area contributed by atoms with Crippen molar-refractivity contribution in [1.29, 1.82) is 0 Å². The molecule has 1 aromatic heterocycles. The van der Waals surface area contributed by atoms with E-state index in [0.717, 1.165) is 5.56 Å². The van der Waals surface area contributed by atoms with E-state index in [-0.39, 0.29) is 5.69 Å². The van der Waals surface area contributed by atoms with Crippen molar-refractivity contribution >= 4 is 17.2 Å². The molecule has 0 amide bonds. The predicted octanol–water partition coefficient (Wildman–Crippen LogP) is 2.08. The van der Waals surface area contributed by atoms with Gasteiger partial charge in [0.05, 0.1) is 4.92 Å². The summed E-state index contributed by atoms with van der Waals surface area (Å²) in [6.07, 6.45) is 0.522. The largest absolute Gasteiger partial charge is 0.399 e. The zero-order chi connectivity index (χ0) is 14.7. The Kier molecular flexibility index (Phi) is 3.88. The maximum Gasteiger partial charge on any atom is 0.333 e. The average Bonchev–Trinajstić information content (AvgIpc) is 2.74. The van der Waals surface area contributed by atoms with E-state index in [1.54, 1.807) is 19.2 Å². The first kappa shape index (κ1) is 13.9. The molecule has 0 atom stereocenters. The van der Waals surface area contributed by atoms with Crippen LogP contribution in [0.5, 0.6) is 0 Å². The fraction of sp³-hybridized carbons (Fsp3) is 0.308. The monoisotopic (exact) mass is 275 g/mol. The van der Waals surface area contributed by atoms with Crippen molar-refractivity contribution in [2.75, 3.05) is 11.1 Å². The first-order valence-corrected chi connectivity index (χ1v) is 6.31. The molecular weight excluding hydrogens is 258 g/mol. The highest BCUT2D eigenvalue weighted by atomic mass is 16.6. The van der Waals surface area contributed by atoms with E-state index in [2.05, 4.69) is 10.4 Å². The number of nitrogens with two attached hydrogens (primary N) is 1. The lowest BCUT2D eigenvalue weighted by molar-refractivity contribution is -0.384. The molecule has 1 heterocycles. The third kappa shape index (κ3) is 2.71. The minimum Gasteiger partial charge on any atom is -0.399 e. The van der Waals surface area contributed by atoms with Crippen molar-refractivity contribution in [2.45, 2.75) is 19.9 Å². The predicted molar refractivity (Wildman–Crippen MR) is 77.4 cm³/mol. The molecule has 3 N–H and O–H groups in total. The fourth-order valence-corrected chi connectivity index (χ4v) is 2.02. The molecule has 0 bridgehead atoms. The Morgan fingerprint density at radius 2 is 2.05 bits per heavy atom. The van der Waals surface area contributed by atoms with Crippen LogP contribution in [0.3, 0.4) is 0 Å². The number of nitrogens with zero attached hydrogens (tertiary/aromatic N) is 3. The van der Waals surface area contributed by atoms with Gasteiger partial charge in [0.1, 0.15) is 5.69 Å². The Morgan fingerprint density at radius 3 is 2.60 bits per heavy atom. The molecule has 1 aromatic carbocycles. The molecule has 0 fully saturated rings. The molecule has 0 aliphatic heterocycles. The van der Waals surface area contributed by atoms with Gasteiger partial charge in [-0.2, -0.15) is 5.10 Å². The number of nitrogens with one attached hydrogen (secondary N) is 1. The average molecular weight is 275 g/mol. The molecule has 0 spiro atoms. The molecule has 20 heavy (non-hydrogen) atoms. The van der Waals surface area contributed by atoms with Gasteiger partial charge >= 0.3 is 5.69 Å². The van der Waals surface area contributed by atoms with Gasteiger partial charge in [0, 0.05) is 19.3 Å². The summed E-state index contributed by atoms with van der Waals surface area (Å²) in [5.41, 5.74) is 7.83. The number of anilines is 2. The van der Waals surface area contributed by atoms with Crippen LogP contribution in [-0.4, -0.2) is 14.7 Å². The number of aromatic nitrogens is 2. The van der Waals surface area contributed by atoms with Crippen molar-refractivity contribution in [1.82, 2.24) is 9.78 Å². The standard InChI is InChI=1S/C13H17N5O2/c1-3-11-12(18(19)20)13(17(2)16-11)15-8-9-4-6-10(14)7-5-9/h4-7,15H,3,8,14H2,1-2H3. The fourth-order valence-electron chi connectivity index (χ4n) is 2.02. The highest BCUT2D eigenvalue weighted by Crippen LogP contribution is 2.28. The van der Waals surface area contributed by atoms with E-state index in [9.17, 15) is 10.1 Å². The second kappa shape index (κ2) is 5.60. The summed E-state index contributed by atoms with van der Waals surface area (Å²) in [5.74, 6) is 0.420. The van der Waals surface area contributed by atoms with Crippen molar-refractivity contribution < 1.29 is 4.92 Å². The number of nitro groups is 1. The third-order valence-corrected chi connectivity index (χ3v) is 3.05. The molecular formula is C13H17N5O2. The number of benzene rings is 1. The minimum atomic E-state index is -0.392. The summed E-state index contributed by atoms with van der Waals surface area (Å²) in [5, 5.41) is 18.4. The van der Waals surface area contributed by atoms with Gasteiger partial charge in [0.2, 0.25) is 5.82 Å². The summed E-state index contributed by atoms with van der Waals surface area (Å²) in [6, 6.07) is 7.36. The van der Waals surface area contributed by atoms with Gasteiger partial charge in [-0.1, -0.05) is 19.1 Å².